The number of furan rings is 1. The first-order valence-electron chi connectivity index (χ1n) is 7.12. The van der Waals surface area contributed by atoms with Gasteiger partial charge in [0.05, 0.1) is 11.8 Å². The number of aryl methyl sites for hydroxylation is 1. The molecule has 2 N–H and O–H groups in total. The lowest BCUT2D eigenvalue weighted by Gasteiger charge is -2.23. The summed E-state index contributed by atoms with van der Waals surface area (Å²) in [6, 6.07) is 1.94. The summed E-state index contributed by atoms with van der Waals surface area (Å²) < 4.78 is 10.1. The van der Waals surface area contributed by atoms with Crippen LogP contribution in [0, 0.1) is 0 Å². The highest BCUT2D eigenvalue weighted by Gasteiger charge is 2.27. The van der Waals surface area contributed by atoms with Crippen molar-refractivity contribution in [2.24, 2.45) is 5.73 Å². The molecule has 0 bridgehead atoms. The molecule has 1 amide bonds. The summed E-state index contributed by atoms with van der Waals surface area (Å²) in [4.78, 5) is 18.3. The van der Waals surface area contributed by atoms with E-state index in [1.807, 2.05) is 4.90 Å². The number of aromatic nitrogens is 2. The van der Waals surface area contributed by atoms with Crippen molar-refractivity contribution in [1.82, 2.24) is 15.0 Å². The third-order valence-electron chi connectivity index (χ3n) is 3.77. The number of nitrogens with zero attached hydrogens (tertiary/aromatic N) is 3. The Bertz CT molecular complexity index is 593. The van der Waals surface area contributed by atoms with E-state index in [9.17, 15) is 4.79 Å². The molecule has 1 fully saturated rings. The lowest BCUT2D eigenvalue weighted by molar-refractivity contribution is -0.131. The third kappa shape index (κ3) is 2.97. The second-order valence-corrected chi connectivity index (χ2v) is 5.14. The molecule has 3 rings (SSSR count). The molecule has 2 aromatic heterocycles. The van der Waals surface area contributed by atoms with Crippen LogP contribution in [0.5, 0.6) is 0 Å². The average Bonchev–Trinajstić information content (AvgIpc) is 3.24. The fourth-order valence-corrected chi connectivity index (χ4v) is 2.63. The molecule has 1 saturated heterocycles. The molecule has 1 aliphatic rings. The third-order valence-corrected chi connectivity index (χ3v) is 3.77. The molecule has 0 spiro atoms. The van der Waals surface area contributed by atoms with E-state index < -0.39 is 0 Å². The van der Waals surface area contributed by atoms with Crippen molar-refractivity contribution in [1.29, 1.82) is 0 Å². The van der Waals surface area contributed by atoms with Gasteiger partial charge in [-0.3, -0.25) is 4.79 Å². The van der Waals surface area contributed by atoms with Gasteiger partial charge in [0.2, 0.25) is 17.6 Å². The minimum Gasteiger partial charge on any atom is -0.472 e. The van der Waals surface area contributed by atoms with Crippen LogP contribution < -0.4 is 5.73 Å². The molecule has 3 heterocycles. The van der Waals surface area contributed by atoms with Crippen LogP contribution in [0.4, 0.5) is 0 Å². The zero-order chi connectivity index (χ0) is 14.7. The fraction of sp³-hybridized carbons (Fsp3) is 0.500. The Balaban J connectivity index is 1.57. The van der Waals surface area contributed by atoms with E-state index in [2.05, 4.69) is 10.1 Å². The summed E-state index contributed by atoms with van der Waals surface area (Å²) in [6.45, 7) is 1.32. The normalized spacial score (nSPS) is 18.3. The quantitative estimate of drug-likeness (QED) is 0.888. The van der Waals surface area contributed by atoms with Crippen molar-refractivity contribution >= 4 is 5.91 Å². The number of carbonyl (C=O) groups excluding carboxylic acids is 1. The van der Waals surface area contributed by atoms with E-state index in [0.717, 1.165) is 24.9 Å². The standard InChI is InChI=1S/C14H18N4O3/c15-8-11-2-1-6-18(11)13(19)4-3-12-16-14(17-21-12)10-5-7-20-9-10/h5,7,9,11H,1-4,6,8,15H2. The number of carbonyl (C=O) groups is 1. The van der Waals surface area contributed by atoms with Gasteiger partial charge in [-0.2, -0.15) is 4.98 Å². The topological polar surface area (TPSA) is 98.4 Å². The summed E-state index contributed by atoms with van der Waals surface area (Å²) in [6.07, 6.45) is 5.93. The molecule has 112 valence electrons. The van der Waals surface area contributed by atoms with Crippen molar-refractivity contribution in [2.45, 2.75) is 31.7 Å². The summed E-state index contributed by atoms with van der Waals surface area (Å²) in [5.41, 5.74) is 6.45. The van der Waals surface area contributed by atoms with Gasteiger partial charge < -0.3 is 19.6 Å². The van der Waals surface area contributed by atoms with Gasteiger partial charge in [0.15, 0.2) is 0 Å². The van der Waals surface area contributed by atoms with Crippen molar-refractivity contribution in [3.8, 4) is 11.4 Å². The van der Waals surface area contributed by atoms with Crippen LogP contribution >= 0.6 is 0 Å². The molecule has 2 aromatic rings. The average molecular weight is 290 g/mol. The number of hydrogen-bond acceptors (Lipinski definition) is 6. The molecule has 7 heteroatoms. The zero-order valence-corrected chi connectivity index (χ0v) is 11.7. The molecule has 1 atom stereocenters. The maximum absolute atomic E-state index is 12.2. The molecule has 7 nitrogen and oxygen atoms in total. The number of likely N-dealkylation sites (tertiary alicyclic amines) is 1. The second kappa shape index (κ2) is 6.09. The van der Waals surface area contributed by atoms with E-state index in [1.165, 1.54) is 0 Å². The van der Waals surface area contributed by atoms with Crippen molar-refractivity contribution in [2.75, 3.05) is 13.1 Å². The van der Waals surface area contributed by atoms with Crippen LogP contribution in [0.2, 0.25) is 0 Å². The first-order valence-corrected chi connectivity index (χ1v) is 7.12. The minimum absolute atomic E-state index is 0.103. The highest BCUT2D eigenvalue weighted by Crippen LogP contribution is 2.19. The van der Waals surface area contributed by atoms with Crippen LogP contribution in [-0.4, -0.2) is 40.1 Å². The molecule has 1 unspecified atom stereocenters. The molecule has 0 aromatic carbocycles. The lowest BCUT2D eigenvalue weighted by Crippen LogP contribution is -2.40. The highest BCUT2D eigenvalue weighted by molar-refractivity contribution is 5.77. The van der Waals surface area contributed by atoms with E-state index in [0.29, 0.717) is 31.1 Å². The van der Waals surface area contributed by atoms with Gasteiger partial charge in [-0.1, -0.05) is 5.16 Å². The van der Waals surface area contributed by atoms with Gasteiger partial charge in [0.25, 0.3) is 0 Å². The fourth-order valence-electron chi connectivity index (χ4n) is 2.63. The maximum Gasteiger partial charge on any atom is 0.227 e. The lowest BCUT2D eigenvalue weighted by atomic mass is 10.2. The minimum atomic E-state index is 0.103. The molecule has 0 aliphatic carbocycles. The number of hydrogen-bond donors (Lipinski definition) is 1. The van der Waals surface area contributed by atoms with E-state index in [1.54, 1.807) is 18.6 Å². The van der Waals surface area contributed by atoms with Crippen LogP contribution in [0.25, 0.3) is 11.4 Å². The highest BCUT2D eigenvalue weighted by atomic mass is 16.5. The van der Waals surface area contributed by atoms with Gasteiger partial charge >= 0.3 is 0 Å². The Kier molecular flexibility index (Phi) is 4.01. The Hall–Kier alpha value is -2.15. The Morgan fingerprint density at radius 2 is 2.43 bits per heavy atom. The first kappa shape index (κ1) is 13.8. The summed E-state index contributed by atoms with van der Waals surface area (Å²) in [7, 11) is 0. The first-order chi connectivity index (χ1) is 10.3. The van der Waals surface area contributed by atoms with E-state index in [-0.39, 0.29) is 11.9 Å². The van der Waals surface area contributed by atoms with Gasteiger partial charge in [-0.15, -0.1) is 0 Å². The summed E-state index contributed by atoms with van der Waals surface area (Å²) in [5.74, 6) is 1.04. The number of nitrogens with two attached hydrogens (primary N) is 1. The van der Waals surface area contributed by atoms with Crippen LogP contribution in [0.3, 0.4) is 0 Å². The molecular weight excluding hydrogens is 272 g/mol. The second-order valence-electron chi connectivity index (χ2n) is 5.14. The zero-order valence-electron chi connectivity index (χ0n) is 11.7. The SMILES string of the molecule is NCC1CCCN1C(=O)CCc1nc(-c2ccoc2)no1. The van der Waals surface area contributed by atoms with E-state index >= 15 is 0 Å². The monoisotopic (exact) mass is 290 g/mol. The maximum atomic E-state index is 12.2. The van der Waals surface area contributed by atoms with E-state index in [4.69, 9.17) is 14.7 Å². The van der Waals surface area contributed by atoms with Crippen molar-refractivity contribution in [3.05, 3.63) is 24.5 Å². The number of rotatable bonds is 5. The molecule has 0 saturated carbocycles. The molecular formula is C14H18N4O3. The predicted molar refractivity (Wildman–Crippen MR) is 74.1 cm³/mol. The Labute approximate surface area is 122 Å². The summed E-state index contributed by atoms with van der Waals surface area (Å²) >= 11 is 0. The number of amides is 1. The molecule has 21 heavy (non-hydrogen) atoms. The summed E-state index contributed by atoms with van der Waals surface area (Å²) in [5, 5.41) is 3.87. The Morgan fingerprint density at radius 3 is 3.19 bits per heavy atom. The van der Waals surface area contributed by atoms with Crippen LogP contribution in [0.1, 0.15) is 25.2 Å². The van der Waals surface area contributed by atoms with Gasteiger partial charge in [-0.05, 0) is 18.9 Å². The van der Waals surface area contributed by atoms with Crippen LogP contribution in [-0.2, 0) is 11.2 Å². The smallest absolute Gasteiger partial charge is 0.227 e. The predicted octanol–water partition coefficient (Wildman–Crippen LogP) is 1.21. The Morgan fingerprint density at radius 1 is 1.52 bits per heavy atom. The van der Waals surface area contributed by atoms with Crippen molar-refractivity contribution < 1.29 is 13.7 Å². The van der Waals surface area contributed by atoms with Gasteiger partial charge in [0.1, 0.15) is 6.26 Å². The largest absolute Gasteiger partial charge is 0.472 e. The van der Waals surface area contributed by atoms with Crippen molar-refractivity contribution in [3.63, 3.8) is 0 Å². The molecule has 0 radical (unpaired) electrons. The van der Waals surface area contributed by atoms with Gasteiger partial charge in [0, 0.05) is 32.0 Å². The van der Waals surface area contributed by atoms with Crippen LogP contribution in [0.15, 0.2) is 27.5 Å². The molecule has 1 aliphatic heterocycles. The van der Waals surface area contributed by atoms with Gasteiger partial charge in [-0.25, -0.2) is 0 Å².